The summed E-state index contributed by atoms with van der Waals surface area (Å²) in [4.78, 5) is 9.44. The van der Waals surface area contributed by atoms with E-state index in [-0.39, 0.29) is 0 Å². The van der Waals surface area contributed by atoms with Crippen LogP contribution in [0.4, 0.5) is 5.82 Å². The third-order valence-electron chi connectivity index (χ3n) is 3.64. The fourth-order valence-electron chi connectivity index (χ4n) is 2.58. The molecule has 0 amide bonds. The van der Waals surface area contributed by atoms with Crippen molar-refractivity contribution in [3.05, 3.63) is 41.0 Å². The number of hydrogen-bond acceptors (Lipinski definition) is 4. The molecule has 0 atom stereocenters. The molecule has 0 unspecified atom stereocenters. The van der Waals surface area contributed by atoms with Crippen LogP contribution in [0.25, 0.3) is 21.3 Å². The molecule has 1 N–H and O–H groups in total. The zero-order valence-corrected chi connectivity index (χ0v) is 13.4. The highest BCUT2D eigenvalue weighted by Crippen LogP contribution is 2.34. The first-order chi connectivity index (χ1) is 10.2. The number of thiophene rings is 1. The van der Waals surface area contributed by atoms with E-state index in [0.29, 0.717) is 0 Å². The van der Waals surface area contributed by atoms with Crippen molar-refractivity contribution in [3.63, 3.8) is 0 Å². The van der Waals surface area contributed by atoms with Crippen LogP contribution in [0.5, 0.6) is 0 Å². The Morgan fingerprint density at radius 3 is 2.81 bits per heavy atom. The average Bonchev–Trinajstić information content (AvgIpc) is 2.97. The van der Waals surface area contributed by atoms with Gasteiger partial charge in [0, 0.05) is 29.3 Å². The molecule has 3 nitrogen and oxygen atoms in total. The van der Waals surface area contributed by atoms with Gasteiger partial charge in [0.15, 0.2) is 0 Å². The van der Waals surface area contributed by atoms with Crippen molar-refractivity contribution < 1.29 is 0 Å². The van der Waals surface area contributed by atoms with Crippen molar-refractivity contribution in [1.29, 1.82) is 0 Å². The first kappa shape index (κ1) is 14.0. The molecule has 21 heavy (non-hydrogen) atoms. The largest absolute Gasteiger partial charge is 0.373 e. The van der Waals surface area contributed by atoms with Crippen molar-refractivity contribution >= 4 is 27.2 Å². The molecule has 2 aromatic heterocycles. The Balaban J connectivity index is 2.25. The second kappa shape index (κ2) is 5.82. The number of fused-ring (bicyclic) bond motifs is 1. The monoisotopic (exact) mass is 297 g/mol. The molecular weight excluding hydrogens is 278 g/mol. The van der Waals surface area contributed by atoms with Crippen LogP contribution < -0.4 is 5.32 Å². The first-order valence-corrected chi connectivity index (χ1v) is 8.14. The van der Waals surface area contributed by atoms with Gasteiger partial charge in [-0.1, -0.05) is 25.1 Å². The number of aryl methyl sites for hydroxylation is 1. The summed E-state index contributed by atoms with van der Waals surface area (Å²) >= 11 is 1.77. The molecule has 0 bridgehead atoms. The molecule has 0 saturated heterocycles. The van der Waals surface area contributed by atoms with E-state index in [2.05, 4.69) is 53.8 Å². The second-order valence-electron chi connectivity index (χ2n) is 5.11. The van der Waals surface area contributed by atoms with Crippen molar-refractivity contribution in [2.75, 3.05) is 12.4 Å². The fourth-order valence-corrected chi connectivity index (χ4v) is 3.50. The standard InChI is InChI=1S/C17H19N3S/c1-4-6-14-19-15(11(2)17(18-3)20-14)13-8-5-7-12-9-10-21-16(12)13/h5,7-10H,4,6H2,1-3H3,(H,18,19,20). The third kappa shape index (κ3) is 2.51. The molecule has 0 saturated carbocycles. The van der Waals surface area contributed by atoms with Gasteiger partial charge in [0.2, 0.25) is 0 Å². The third-order valence-corrected chi connectivity index (χ3v) is 4.60. The van der Waals surface area contributed by atoms with E-state index < -0.39 is 0 Å². The van der Waals surface area contributed by atoms with Crippen LogP contribution in [0, 0.1) is 6.92 Å². The normalized spacial score (nSPS) is 11.0. The molecule has 0 aliphatic rings. The highest BCUT2D eigenvalue weighted by atomic mass is 32.1. The van der Waals surface area contributed by atoms with E-state index in [0.717, 1.165) is 35.7 Å². The van der Waals surface area contributed by atoms with Crippen molar-refractivity contribution in [2.24, 2.45) is 0 Å². The van der Waals surface area contributed by atoms with Gasteiger partial charge < -0.3 is 5.32 Å². The molecule has 1 aromatic carbocycles. The minimum absolute atomic E-state index is 0.905. The van der Waals surface area contributed by atoms with Crippen LogP contribution in [-0.4, -0.2) is 17.0 Å². The van der Waals surface area contributed by atoms with Crippen molar-refractivity contribution in [2.45, 2.75) is 26.7 Å². The molecule has 2 heterocycles. The van der Waals surface area contributed by atoms with E-state index in [1.807, 2.05) is 7.05 Å². The van der Waals surface area contributed by atoms with Gasteiger partial charge in [0.1, 0.15) is 11.6 Å². The molecule has 0 aliphatic carbocycles. The molecule has 0 fully saturated rings. The van der Waals surface area contributed by atoms with Gasteiger partial charge in [-0.3, -0.25) is 0 Å². The lowest BCUT2D eigenvalue weighted by molar-refractivity contribution is 0.835. The van der Waals surface area contributed by atoms with Gasteiger partial charge in [0.05, 0.1) is 5.69 Å². The minimum atomic E-state index is 0.905. The molecule has 3 rings (SSSR count). The Kier molecular flexibility index (Phi) is 3.88. The van der Waals surface area contributed by atoms with Crippen LogP contribution in [-0.2, 0) is 6.42 Å². The summed E-state index contributed by atoms with van der Waals surface area (Å²) in [6, 6.07) is 8.57. The summed E-state index contributed by atoms with van der Waals surface area (Å²) in [6.07, 6.45) is 1.96. The van der Waals surface area contributed by atoms with E-state index in [1.54, 1.807) is 11.3 Å². The molecular formula is C17H19N3S. The van der Waals surface area contributed by atoms with E-state index >= 15 is 0 Å². The minimum Gasteiger partial charge on any atom is -0.373 e. The lowest BCUT2D eigenvalue weighted by Gasteiger charge is -2.13. The average molecular weight is 297 g/mol. The van der Waals surface area contributed by atoms with Crippen LogP contribution in [0.1, 0.15) is 24.7 Å². The summed E-state index contributed by atoms with van der Waals surface area (Å²) in [7, 11) is 1.92. The van der Waals surface area contributed by atoms with Crippen LogP contribution in [0.15, 0.2) is 29.6 Å². The van der Waals surface area contributed by atoms with Gasteiger partial charge in [0.25, 0.3) is 0 Å². The summed E-state index contributed by atoms with van der Waals surface area (Å²) < 4.78 is 1.30. The Bertz CT molecular complexity index is 777. The van der Waals surface area contributed by atoms with Crippen LogP contribution >= 0.6 is 11.3 Å². The van der Waals surface area contributed by atoms with E-state index in [1.165, 1.54) is 15.6 Å². The first-order valence-electron chi connectivity index (χ1n) is 7.26. The Morgan fingerprint density at radius 1 is 1.19 bits per heavy atom. The van der Waals surface area contributed by atoms with E-state index in [4.69, 9.17) is 4.98 Å². The lowest BCUT2D eigenvalue weighted by atomic mass is 10.1. The summed E-state index contributed by atoms with van der Waals surface area (Å²) in [5, 5.41) is 6.61. The number of nitrogens with one attached hydrogen (secondary N) is 1. The fraction of sp³-hybridized carbons (Fsp3) is 0.294. The van der Waals surface area contributed by atoms with Gasteiger partial charge in [-0.25, -0.2) is 9.97 Å². The number of anilines is 1. The highest BCUT2D eigenvalue weighted by molar-refractivity contribution is 7.17. The maximum atomic E-state index is 4.83. The van der Waals surface area contributed by atoms with Gasteiger partial charge in [-0.2, -0.15) is 0 Å². The number of rotatable bonds is 4. The van der Waals surface area contributed by atoms with Gasteiger partial charge in [-0.05, 0) is 30.2 Å². The SMILES string of the molecule is CCCc1nc(NC)c(C)c(-c2cccc3ccsc23)n1. The number of nitrogens with zero attached hydrogens (tertiary/aromatic N) is 2. The van der Waals surface area contributed by atoms with Gasteiger partial charge >= 0.3 is 0 Å². The maximum Gasteiger partial charge on any atom is 0.132 e. The quantitative estimate of drug-likeness (QED) is 0.761. The van der Waals surface area contributed by atoms with Crippen LogP contribution in [0.2, 0.25) is 0 Å². The number of aromatic nitrogens is 2. The smallest absolute Gasteiger partial charge is 0.132 e. The maximum absolute atomic E-state index is 4.83. The number of benzene rings is 1. The number of hydrogen-bond donors (Lipinski definition) is 1. The molecule has 0 aliphatic heterocycles. The predicted molar refractivity (Wildman–Crippen MR) is 91.1 cm³/mol. The summed E-state index contributed by atoms with van der Waals surface area (Å²) in [5.41, 5.74) is 3.36. The summed E-state index contributed by atoms with van der Waals surface area (Å²) in [6.45, 7) is 4.24. The van der Waals surface area contributed by atoms with E-state index in [9.17, 15) is 0 Å². The van der Waals surface area contributed by atoms with Crippen molar-refractivity contribution in [3.8, 4) is 11.3 Å². The zero-order valence-electron chi connectivity index (χ0n) is 12.6. The molecule has 108 valence electrons. The molecule has 3 aromatic rings. The molecule has 0 spiro atoms. The lowest BCUT2D eigenvalue weighted by Crippen LogP contribution is -2.05. The van der Waals surface area contributed by atoms with Crippen molar-refractivity contribution in [1.82, 2.24) is 9.97 Å². The second-order valence-corrected chi connectivity index (χ2v) is 6.02. The Labute approximate surface area is 129 Å². The highest BCUT2D eigenvalue weighted by Gasteiger charge is 2.14. The predicted octanol–water partition coefficient (Wildman–Crippen LogP) is 4.66. The zero-order chi connectivity index (χ0) is 14.8. The Morgan fingerprint density at radius 2 is 2.05 bits per heavy atom. The Hall–Kier alpha value is -1.94. The summed E-state index contributed by atoms with van der Waals surface area (Å²) in [5.74, 6) is 1.84. The molecule has 0 radical (unpaired) electrons. The topological polar surface area (TPSA) is 37.8 Å². The van der Waals surface area contributed by atoms with Crippen LogP contribution in [0.3, 0.4) is 0 Å². The van der Waals surface area contributed by atoms with Gasteiger partial charge in [-0.15, -0.1) is 11.3 Å². The molecule has 4 heteroatoms.